The summed E-state index contributed by atoms with van der Waals surface area (Å²) in [5, 5.41) is 3.19. The minimum atomic E-state index is -0.883. The molecule has 0 aliphatic carbocycles. The summed E-state index contributed by atoms with van der Waals surface area (Å²) in [6.07, 6.45) is 0.868. The lowest BCUT2D eigenvalue weighted by Gasteiger charge is -2.19. The highest BCUT2D eigenvalue weighted by Crippen LogP contribution is 2.13. The molecule has 1 aromatic carbocycles. The average molecular weight is 333 g/mol. The lowest BCUT2D eigenvalue weighted by atomic mass is 10.1. The van der Waals surface area contributed by atoms with Crippen molar-refractivity contribution in [3.63, 3.8) is 0 Å². The van der Waals surface area contributed by atoms with Gasteiger partial charge in [-0.15, -0.1) is 12.4 Å². The molecule has 122 valence electrons. The molecule has 1 heterocycles. The van der Waals surface area contributed by atoms with Gasteiger partial charge in [-0.1, -0.05) is 0 Å². The molecule has 1 aliphatic rings. The molecule has 0 radical (unpaired) electrons. The third-order valence-corrected chi connectivity index (χ3v) is 3.49. The van der Waals surface area contributed by atoms with Crippen LogP contribution in [-0.4, -0.2) is 42.8 Å². The number of halogens is 3. The minimum absolute atomic E-state index is 0. The molecule has 1 aromatic rings. The van der Waals surface area contributed by atoms with E-state index in [1.165, 1.54) is 0 Å². The SMILES string of the molecule is Cl.O=C(CCC(=O)N1CCCNCC1)c1ccc(F)cc1F. The molecule has 0 spiro atoms. The Morgan fingerprint density at radius 3 is 2.64 bits per heavy atom. The highest BCUT2D eigenvalue weighted by molar-refractivity contribution is 5.98. The molecule has 0 saturated carbocycles. The van der Waals surface area contributed by atoms with Crippen LogP contribution in [0.3, 0.4) is 0 Å². The first-order valence-corrected chi connectivity index (χ1v) is 7.04. The summed E-state index contributed by atoms with van der Waals surface area (Å²) in [4.78, 5) is 25.6. The number of carbonyl (C=O) groups is 2. The fourth-order valence-electron chi connectivity index (χ4n) is 2.32. The summed E-state index contributed by atoms with van der Waals surface area (Å²) in [6.45, 7) is 2.92. The first-order chi connectivity index (χ1) is 10.1. The topological polar surface area (TPSA) is 49.4 Å². The number of hydrogen-bond donors (Lipinski definition) is 1. The van der Waals surface area contributed by atoms with Crippen molar-refractivity contribution in [2.45, 2.75) is 19.3 Å². The number of carbonyl (C=O) groups excluding carboxylic acids is 2. The molecule has 0 atom stereocenters. The molecular formula is C15H19ClF2N2O2. The predicted octanol–water partition coefficient (Wildman–Crippen LogP) is 2.17. The fourth-order valence-corrected chi connectivity index (χ4v) is 2.32. The second kappa shape index (κ2) is 8.80. The van der Waals surface area contributed by atoms with Crippen molar-refractivity contribution in [2.75, 3.05) is 26.2 Å². The van der Waals surface area contributed by atoms with Gasteiger partial charge in [-0.25, -0.2) is 8.78 Å². The maximum Gasteiger partial charge on any atom is 0.223 e. The van der Waals surface area contributed by atoms with E-state index in [0.29, 0.717) is 19.2 Å². The summed E-state index contributed by atoms with van der Waals surface area (Å²) in [6, 6.07) is 2.83. The third kappa shape index (κ3) is 5.03. The molecule has 1 amide bonds. The van der Waals surface area contributed by atoms with Crippen LogP contribution in [0.5, 0.6) is 0 Å². The van der Waals surface area contributed by atoms with E-state index in [2.05, 4.69) is 5.32 Å². The van der Waals surface area contributed by atoms with Gasteiger partial charge < -0.3 is 10.2 Å². The van der Waals surface area contributed by atoms with Crippen LogP contribution in [0.4, 0.5) is 8.78 Å². The third-order valence-electron chi connectivity index (χ3n) is 3.49. The Morgan fingerprint density at radius 2 is 1.91 bits per heavy atom. The smallest absolute Gasteiger partial charge is 0.223 e. The van der Waals surface area contributed by atoms with E-state index in [4.69, 9.17) is 0 Å². The maximum absolute atomic E-state index is 13.5. The van der Waals surface area contributed by atoms with Crippen molar-refractivity contribution in [1.82, 2.24) is 10.2 Å². The summed E-state index contributed by atoms with van der Waals surface area (Å²) in [7, 11) is 0. The van der Waals surface area contributed by atoms with Gasteiger partial charge in [0.25, 0.3) is 0 Å². The van der Waals surface area contributed by atoms with Gasteiger partial charge in [0.1, 0.15) is 11.6 Å². The first-order valence-electron chi connectivity index (χ1n) is 7.04. The van der Waals surface area contributed by atoms with Gasteiger partial charge in [0.2, 0.25) is 5.91 Å². The van der Waals surface area contributed by atoms with E-state index in [1.54, 1.807) is 4.90 Å². The second-order valence-corrected chi connectivity index (χ2v) is 5.03. The largest absolute Gasteiger partial charge is 0.341 e. The maximum atomic E-state index is 13.5. The molecule has 0 bridgehead atoms. The lowest BCUT2D eigenvalue weighted by molar-refractivity contribution is -0.130. The standard InChI is InChI=1S/C15H18F2N2O2.ClH/c16-11-2-3-12(13(17)10-11)14(20)4-5-15(21)19-8-1-6-18-7-9-19;/h2-3,10,18H,1,4-9H2;1H. The Balaban J connectivity index is 0.00000242. The van der Waals surface area contributed by atoms with E-state index in [0.717, 1.165) is 31.6 Å². The molecule has 0 aromatic heterocycles. The van der Waals surface area contributed by atoms with Gasteiger partial charge in [-0.2, -0.15) is 0 Å². The molecule has 1 aliphatic heterocycles. The van der Waals surface area contributed by atoms with E-state index in [9.17, 15) is 18.4 Å². The summed E-state index contributed by atoms with van der Waals surface area (Å²) < 4.78 is 26.3. The number of amides is 1. The first kappa shape index (κ1) is 18.5. The lowest BCUT2D eigenvalue weighted by Crippen LogP contribution is -2.34. The van der Waals surface area contributed by atoms with Gasteiger partial charge in [-0.3, -0.25) is 9.59 Å². The van der Waals surface area contributed by atoms with E-state index >= 15 is 0 Å². The molecule has 1 N–H and O–H groups in total. The molecule has 1 fully saturated rings. The number of nitrogens with one attached hydrogen (secondary N) is 1. The predicted molar refractivity (Wildman–Crippen MR) is 81.2 cm³/mol. The van der Waals surface area contributed by atoms with Crippen LogP contribution in [0, 0.1) is 11.6 Å². The van der Waals surface area contributed by atoms with Crippen molar-refractivity contribution in [1.29, 1.82) is 0 Å². The van der Waals surface area contributed by atoms with Crippen molar-refractivity contribution < 1.29 is 18.4 Å². The second-order valence-electron chi connectivity index (χ2n) is 5.03. The molecule has 2 rings (SSSR count). The fraction of sp³-hybridized carbons (Fsp3) is 0.467. The van der Waals surface area contributed by atoms with Crippen LogP contribution in [0.1, 0.15) is 29.6 Å². The Kier molecular flexibility index (Phi) is 7.41. The minimum Gasteiger partial charge on any atom is -0.341 e. The highest BCUT2D eigenvalue weighted by Gasteiger charge is 2.18. The molecule has 4 nitrogen and oxygen atoms in total. The van der Waals surface area contributed by atoms with E-state index in [1.807, 2.05) is 0 Å². The van der Waals surface area contributed by atoms with Crippen LogP contribution >= 0.6 is 12.4 Å². The zero-order chi connectivity index (χ0) is 15.2. The van der Waals surface area contributed by atoms with Crippen molar-refractivity contribution >= 4 is 24.1 Å². The monoisotopic (exact) mass is 332 g/mol. The number of Topliss-reactive ketones (excluding diaryl/α,β-unsaturated/α-hetero) is 1. The van der Waals surface area contributed by atoms with Crippen LogP contribution in [-0.2, 0) is 4.79 Å². The Bertz CT molecular complexity index is 532. The van der Waals surface area contributed by atoms with Crippen molar-refractivity contribution in [3.8, 4) is 0 Å². The number of rotatable bonds is 4. The number of nitrogens with zero attached hydrogens (tertiary/aromatic N) is 1. The zero-order valence-corrected chi connectivity index (χ0v) is 12.9. The van der Waals surface area contributed by atoms with Gasteiger partial charge in [0.15, 0.2) is 5.78 Å². The van der Waals surface area contributed by atoms with Crippen LogP contribution in [0.15, 0.2) is 18.2 Å². The zero-order valence-electron chi connectivity index (χ0n) is 12.1. The molecule has 1 saturated heterocycles. The summed E-state index contributed by atoms with van der Waals surface area (Å²) in [5.41, 5.74) is -0.165. The Hall–Kier alpha value is -1.53. The van der Waals surface area contributed by atoms with Crippen molar-refractivity contribution in [3.05, 3.63) is 35.4 Å². The Morgan fingerprint density at radius 1 is 1.14 bits per heavy atom. The van der Waals surface area contributed by atoms with Crippen LogP contribution < -0.4 is 5.32 Å². The number of hydrogen-bond acceptors (Lipinski definition) is 3. The number of benzene rings is 1. The molecular weight excluding hydrogens is 314 g/mol. The highest BCUT2D eigenvalue weighted by atomic mass is 35.5. The van der Waals surface area contributed by atoms with Gasteiger partial charge in [0.05, 0.1) is 5.56 Å². The van der Waals surface area contributed by atoms with Gasteiger partial charge in [-0.05, 0) is 25.1 Å². The average Bonchev–Trinajstić information content (AvgIpc) is 2.73. The van der Waals surface area contributed by atoms with E-state index in [-0.39, 0.29) is 36.7 Å². The molecule has 0 unspecified atom stereocenters. The molecule has 22 heavy (non-hydrogen) atoms. The van der Waals surface area contributed by atoms with Gasteiger partial charge >= 0.3 is 0 Å². The van der Waals surface area contributed by atoms with Crippen LogP contribution in [0.2, 0.25) is 0 Å². The Labute approximate surface area is 134 Å². The van der Waals surface area contributed by atoms with Crippen LogP contribution in [0.25, 0.3) is 0 Å². The number of ketones is 1. The summed E-state index contributed by atoms with van der Waals surface area (Å²) in [5.74, 6) is -2.19. The van der Waals surface area contributed by atoms with Gasteiger partial charge in [0, 0.05) is 38.5 Å². The summed E-state index contributed by atoms with van der Waals surface area (Å²) >= 11 is 0. The van der Waals surface area contributed by atoms with E-state index < -0.39 is 17.4 Å². The van der Waals surface area contributed by atoms with Crippen molar-refractivity contribution in [2.24, 2.45) is 0 Å². The normalized spacial score (nSPS) is 14.9. The molecule has 7 heteroatoms. The quantitative estimate of drug-likeness (QED) is 0.860.